The van der Waals surface area contributed by atoms with E-state index < -0.39 is 10.0 Å². The Bertz CT molecular complexity index is 1090. The van der Waals surface area contributed by atoms with Gasteiger partial charge in [-0.2, -0.15) is 4.31 Å². The number of amides is 1. The fraction of sp³-hybridized carbons (Fsp3) is 0.480. The van der Waals surface area contributed by atoms with E-state index in [0.717, 1.165) is 44.5 Å². The standard InChI is InChI=1S/C25H34N4O5S/c1-33-24-11-10-22(35(31,32)29-12-4-2-3-5-13-29)18-23(24)26-19-25(30)27-20-6-8-21(9-7-20)28-14-16-34-17-15-28/h6-11,18,26H,2-5,12-17,19H2,1H3,(H,27,30). The molecule has 0 aromatic heterocycles. The lowest BCUT2D eigenvalue weighted by Gasteiger charge is -2.28. The number of nitrogens with zero attached hydrogens (tertiary/aromatic N) is 2. The zero-order valence-electron chi connectivity index (χ0n) is 20.2. The lowest BCUT2D eigenvalue weighted by atomic mass is 10.2. The van der Waals surface area contributed by atoms with Crippen LogP contribution in [0.1, 0.15) is 25.7 Å². The quantitative estimate of drug-likeness (QED) is 0.572. The third-order valence-electron chi connectivity index (χ3n) is 6.34. The number of benzene rings is 2. The highest BCUT2D eigenvalue weighted by Gasteiger charge is 2.26. The number of methoxy groups -OCH3 is 1. The number of carbonyl (C=O) groups excluding carboxylic acids is 1. The second-order valence-corrected chi connectivity index (χ2v) is 10.7. The van der Waals surface area contributed by atoms with E-state index in [1.807, 2.05) is 24.3 Å². The van der Waals surface area contributed by atoms with Crippen LogP contribution in [0.15, 0.2) is 47.4 Å². The molecule has 1 amide bonds. The fourth-order valence-electron chi connectivity index (χ4n) is 4.37. The molecule has 2 aliphatic heterocycles. The molecular weight excluding hydrogens is 468 g/mol. The van der Waals surface area contributed by atoms with Crippen molar-refractivity contribution in [2.75, 3.05) is 68.6 Å². The Balaban J connectivity index is 1.38. The third kappa shape index (κ3) is 6.45. The van der Waals surface area contributed by atoms with Crippen molar-refractivity contribution in [3.8, 4) is 5.75 Å². The number of rotatable bonds is 8. The number of ether oxygens (including phenoxy) is 2. The maximum atomic E-state index is 13.2. The second-order valence-electron chi connectivity index (χ2n) is 8.73. The largest absolute Gasteiger partial charge is 0.495 e. The van der Waals surface area contributed by atoms with E-state index in [9.17, 15) is 13.2 Å². The summed E-state index contributed by atoms with van der Waals surface area (Å²) < 4.78 is 38.7. The minimum absolute atomic E-state index is 0.0329. The number of carbonyl (C=O) groups is 1. The highest BCUT2D eigenvalue weighted by Crippen LogP contribution is 2.30. The molecule has 2 saturated heterocycles. The monoisotopic (exact) mass is 502 g/mol. The number of morpholine rings is 1. The van der Waals surface area contributed by atoms with Crippen LogP contribution in [0.25, 0.3) is 0 Å². The van der Waals surface area contributed by atoms with E-state index in [-0.39, 0.29) is 17.3 Å². The molecule has 4 rings (SSSR count). The average molecular weight is 503 g/mol. The van der Waals surface area contributed by atoms with Crippen LogP contribution in [0.3, 0.4) is 0 Å². The van der Waals surface area contributed by atoms with Gasteiger partial charge in [-0.1, -0.05) is 12.8 Å². The van der Waals surface area contributed by atoms with Gasteiger partial charge < -0.3 is 25.0 Å². The highest BCUT2D eigenvalue weighted by molar-refractivity contribution is 7.89. The van der Waals surface area contributed by atoms with Crippen LogP contribution in [0.2, 0.25) is 0 Å². The normalized spacial score (nSPS) is 17.5. The van der Waals surface area contributed by atoms with Crippen molar-refractivity contribution < 1.29 is 22.7 Å². The molecule has 0 unspecified atom stereocenters. The number of hydrogen-bond donors (Lipinski definition) is 2. The highest BCUT2D eigenvalue weighted by atomic mass is 32.2. The lowest BCUT2D eigenvalue weighted by Crippen LogP contribution is -2.36. The summed E-state index contributed by atoms with van der Waals surface area (Å²) in [6.45, 7) is 4.17. The molecule has 9 nitrogen and oxygen atoms in total. The van der Waals surface area contributed by atoms with Gasteiger partial charge >= 0.3 is 0 Å². The molecule has 0 atom stereocenters. The fourth-order valence-corrected chi connectivity index (χ4v) is 5.92. The van der Waals surface area contributed by atoms with Crippen molar-refractivity contribution >= 4 is 33.0 Å². The van der Waals surface area contributed by atoms with Crippen LogP contribution in [0.4, 0.5) is 17.1 Å². The minimum atomic E-state index is -3.61. The zero-order chi connectivity index (χ0) is 24.7. The number of sulfonamides is 1. The van der Waals surface area contributed by atoms with Gasteiger partial charge in [-0.3, -0.25) is 4.79 Å². The lowest BCUT2D eigenvalue weighted by molar-refractivity contribution is -0.114. The maximum absolute atomic E-state index is 13.2. The van der Waals surface area contributed by atoms with Gasteiger partial charge in [0, 0.05) is 37.6 Å². The Morgan fingerprint density at radius 3 is 2.31 bits per heavy atom. The van der Waals surface area contributed by atoms with E-state index in [2.05, 4.69) is 15.5 Å². The van der Waals surface area contributed by atoms with E-state index in [1.54, 1.807) is 22.5 Å². The van der Waals surface area contributed by atoms with Crippen LogP contribution in [0, 0.1) is 0 Å². The first kappa shape index (κ1) is 25.3. The molecular formula is C25H34N4O5S. The van der Waals surface area contributed by atoms with Gasteiger partial charge in [-0.25, -0.2) is 8.42 Å². The number of anilines is 3. The molecule has 2 aliphatic rings. The summed E-state index contributed by atoms with van der Waals surface area (Å²) in [6.07, 6.45) is 3.83. The summed E-state index contributed by atoms with van der Waals surface area (Å²) in [5, 5.41) is 5.90. The molecule has 2 aromatic carbocycles. The predicted molar refractivity (Wildman–Crippen MR) is 137 cm³/mol. The third-order valence-corrected chi connectivity index (χ3v) is 8.24. The van der Waals surface area contributed by atoms with Crippen LogP contribution >= 0.6 is 0 Å². The van der Waals surface area contributed by atoms with Gasteiger partial charge in [-0.05, 0) is 55.3 Å². The van der Waals surface area contributed by atoms with E-state index in [0.29, 0.717) is 43.4 Å². The SMILES string of the molecule is COc1ccc(S(=O)(=O)N2CCCCCC2)cc1NCC(=O)Nc1ccc(N2CCOCC2)cc1. The van der Waals surface area contributed by atoms with E-state index >= 15 is 0 Å². The second kappa shape index (κ2) is 11.7. The Morgan fingerprint density at radius 2 is 1.66 bits per heavy atom. The number of nitrogens with one attached hydrogen (secondary N) is 2. The molecule has 35 heavy (non-hydrogen) atoms. The first-order valence-electron chi connectivity index (χ1n) is 12.1. The number of hydrogen-bond acceptors (Lipinski definition) is 7. The summed E-state index contributed by atoms with van der Waals surface area (Å²) in [6, 6.07) is 12.4. The van der Waals surface area contributed by atoms with Crippen LogP contribution in [-0.4, -0.2) is 71.7 Å². The Kier molecular flexibility index (Phi) is 8.48. The van der Waals surface area contributed by atoms with Crippen LogP contribution in [0.5, 0.6) is 5.75 Å². The molecule has 190 valence electrons. The summed E-state index contributed by atoms with van der Waals surface area (Å²) in [7, 11) is -2.09. The van der Waals surface area contributed by atoms with Crippen molar-refractivity contribution in [3.05, 3.63) is 42.5 Å². The van der Waals surface area contributed by atoms with Gasteiger partial charge in [0.05, 0.1) is 37.5 Å². The van der Waals surface area contributed by atoms with Crippen molar-refractivity contribution in [3.63, 3.8) is 0 Å². The maximum Gasteiger partial charge on any atom is 0.243 e. The average Bonchev–Trinajstić information content (AvgIpc) is 3.19. The molecule has 0 bridgehead atoms. The molecule has 2 N–H and O–H groups in total. The summed E-state index contributed by atoms with van der Waals surface area (Å²) in [4.78, 5) is 15.0. The first-order valence-corrected chi connectivity index (χ1v) is 13.6. The summed E-state index contributed by atoms with van der Waals surface area (Å²) in [5.41, 5.74) is 2.25. The van der Waals surface area contributed by atoms with Crippen molar-refractivity contribution in [2.24, 2.45) is 0 Å². The molecule has 0 aliphatic carbocycles. The van der Waals surface area contributed by atoms with Gasteiger partial charge in [0.2, 0.25) is 15.9 Å². The van der Waals surface area contributed by atoms with Gasteiger partial charge in [0.1, 0.15) is 5.75 Å². The van der Waals surface area contributed by atoms with Gasteiger partial charge in [0.15, 0.2) is 0 Å². The Labute approximate surface area is 207 Å². The van der Waals surface area contributed by atoms with Crippen LogP contribution in [-0.2, 0) is 19.6 Å². The topological polar surface area (TPSA) is 100 Å². The Morgan fingerprint density at radius 1 is 0.971 bits per heavy atom. The molecule has 2 aromatic rings. The van der Waals surface area contributed by atoms with Crippen molar-refractivity contribution in [1.82, 2.24) is 4.31 Å². The zero-order valence-corrected chi connectivity index (χ0v) is 21.0. The summed E-state index contributed by atoms with van der Waals surface area (Å²) >= 11 is 0. The van der Waals surface area contributed by atoms with Gasteiger partial charge in [0.25, 0.3) is 0 Å². The summed E-state index contributed by atoms with van der Waals surface area (Å²) in [5.74, 6) is 0.231. The molecule has 0 radical (unpaired) electrons. The molecule has 10 heteroatoms. The molecule has 0 saturated carbocycles. The van der Waals surface area contributed by atoms with Crippen molar-refractivity contribution in [1.29, 1.82) is 0 Å². The smallest absolute Gasteiger partial charge is 0.243 e. The van der Waals surface area contributed by atoms with E-state index in [1.165, 1.54) is 7.11 Å². The molecule has 0 spiro atoms. The van der Waals surface area contributed by atoms with Crippen molar-refractivity contribution in [2.45, 2.75) is 30.6 Å². The molecule has 2 heterocycles. The minimum Gasteiger partial charge on any atom is -0.495 e. The van der Waals surface area contributed by atoms with Crippen LogP contribution < -0.4 is 20.3 Å². The first-order chi connectivity index (χ1) is 17.0. The van der Waals surface area contributed by atoms with E-state index in [4.69, 9.17) is 9.47 Å². The predicted octanol–water partition coefficient (Wildman–Crippen LogP) is 3.15. The Hall–Kier alpha value is -2.82. The van der Waals surface area contributed by atoms with Gasteiger partial charge in [-0.15, -0.1) is 0 Å². The molecule has 2 fully saturated rings.